The SMILES string of the molecule is Cc1c(NC(=O)C(C)OC(=O)c2ccc(-c3ccc([N+](=O)[O-])cc3)o2)c(=O)n(-c2ccccc2)n1C. The Balaban J connectivity index is 1.45. The van der Waals surface area contributed by atoms with Gasteiger partial charge in [0.15, 0.2) is 6.10 Å². The summed E-state index contributed by atoms with van der Waals surface area (Å²) in [7, 11) is 1.70. The van der Waals surface area contributed by atoms with Crippen LogP contribution in [0.1, 0.15) is 23.2 Å². The summed E-state index contributed by atoms with van der Waals surface area (Å²) >= 11 is 0. The fourth-order valence-corrected chi connectivity index (χ4v) is 3.56. The van der Waals surface area contributed by atoms with E-state index < -0.39 is 28.5 Å². The Hall–Kier alpha value is -4.93. The van der Waals surface area contributed by atoms with Crippen LogP contribution >= 0.6 is 0 Å². The highest BCUT2D eigenvalue weighted by Gasteiger charge is 2.25. The monoisotopic (exact) mass is 490 g/mol. The second kappa shape index (κ2) is 9.74. The van der Waals surface area contributed by atoms with Crippen LogP contribution in [0.2, 0.25) is 0 Å². The molecule has 4 aromatic rings. The largest absolute Gasteiger partial charge is 0.449 e. The third-order valence-corrected chi connectivity index (χ3v) is 5.63. The van der Waals surface area contributed by atoms with Gasteiger partial charge in [0.05, 0.1) is 16.3 Å². The van der Waals surface area contributed by atoms with Crippen LogP contribution in [0, 0.1) is 17.0 Å². The predicted molar refractivity (Wildman–Crippen MR) is 130 cm³/mol. The molecule has 0 spiro atoms. The summed E-state index contributed by atoms with van der Waals surface area (Å²) in [6.07, 6.45) is -1.23. The van der Waals surface area contributed by atoms with E-state index in [1.54, 1.807) is 42.9 Å². The minimum absolute atomic E-state index is 0.0750. The summed E-state index contributed by atoms with van der Waals surface area (Å²) in [5.41, 5.74) is 1.26. The standard InChI is InChI=1S/C25H22N4O7/c1-15-22(24(31)28(27(15)3)18-7-5-4-6-8-18)26-23(30)16(2)35-25(32)21-14-13-20(36-21)17-9-11-19(12-10-17)29(33)34/h4-14,16H,1-3H3,(H,26,30). The molecule has 1 N–H and O–H groups in total. The molecule has 1 unspecified atom stereocenters. The number of carbonyl (C=O) groups excluding carboxylic acids is 2. The first-order valence-electron chi connectivity index (χ1n) is 10.9. The first-order valence-corrected chi connectivity index (χ1v) is 10.9. The first-order chi connectivity index (χ1) is 17.2. The van der Waals surface area contributed by atoms with Crippen LogP contribution in [0.3, 0.4) is 0 Å². The van der Waals surface area contributed by atoms with E-state index in [4.69, 9.17) is 9.15 Å². The number of nitro groups is 1. The highest BCUT2D eigenvalue weighted by Crippen LogP contribution is 2.25. The third kappa shape index (κ3) is 4.67. The maximum atomic E-state index is 13.0. The molecule has 2 aromatic heterocycles. The summed E-state index contributed by atoms with van der Waals surface area (Å²) < 4.78 is 13.8. The summed E-state index contributed by atoms with van der Waals surface area (Å²) in [6, 6.07) is 17.5. The van der Waals surface area contributed by atoms with Gasteiger partial charge in [0, 0.05) is 24.7 Å². The van der Waals surface area contributed by atoms with Gasteiger partial charge in [-0.25, -0.2) is 9.48 Å². The average molecular weight is 490 g/mol. The molecule has 0 fully saturated rings. The lowest BCUT2D eigenvalue weighted by Crippen LogP contribution is -2.32. The van der Waals surface area contributed by atoms with E-state index in [0.29, 0.717) is 22.7 Å². The molecule has 0 radical (unpaired) electrons. The zero-order valence-electron chi connectivity index (χ0n) is 19.6. The molecule has 0 saturated heterocycles. The maximum absolute atomic E-state index is 13.0. The fourth-order valence-electron chi connectivity index (χ4n) is 3.56. The number of aromatic nitrogens is 2. The number of rotatable bonds is 7. The Bertz CT molecular complexity index is 1500. The highest BCUT2D eigenvalue weighted by atomic mass is 16.6. The van der Waals surface area contributed by atoms with Crippen LogP contribution in [-0.2, 0) is 16.6 Å². The second-order valence-electron chi connectivity index (χ2n) is 7.94. The molecule has 11 heteroatoms. The lowest BCUT2D eigenvalue weighted by molar-refractivity contribution is -0.384. The van der Waals surface area contributed by atoms with Gasteiger partial charge in [0.25, 0.3) is 17.2 Å². The molecule has 2 aromatic carbocycles. The van der Waals surface area contributed by atoms with Crippen LogP contribution < -0.4 is 10.9 Å². The maximum Gasteiger partial charge on any atom is 0.375 e. The van der Waals surface area contributed by atoms with Gasteiger partial charge in [-0.1, -0.05) is 18.2 Å². The predicted octanol–water partition coefficient (Wildman–Crippen LogP) is 3.84. The Kier molecular flexibility index (Phi) is 6.55. The number of furan rings is 1. The first kappa shape index (κ1) is 24.2. The van der Waals surface area contributed by atoms with E-state index in [0.717, 1.165) is 0 Å². The summed E-state index contributed by atoms with van der Waals surface area (Å²) in [6.45, 7) is 3.07. The van der Waals surface area contributed by atoms with Crippen molar-refractivity contribution in [3.05, 3.63) is 98.7 Å². The van der Waals surface area contributed by atoms with Crippen LogP contribution in [0.25, 0.3) is 17.0 Å². The summed E-state index contributed by atoms with van der Waals surface area (Å²) in [4.78, 5) is 48.5. The molecule has 2 heterocycles. The lowest BCUT2D eigenvalue weighted by Gasteiger charge is -2.12. The van der Waals surface area contributed by atoms with Crippen molar-refractivity contribution in [2.45, 2.75) is 20.0 Å². The summed E-state index contributed by atoms with van der Waals surface area (Å²) in [5.74, 6) is -1.41. The molecule has 4 rings (SSSR count). The zero-order chi connectivity index (χ0) is 26.0. The van der Waals surface area contributed by atoms with Gasteiger partial charge in [-0.2, -0.15) is 0 Å². The van der Waals surface area contributed by atoms with Crippen molar-refractivity contribution >= 4 is 23.3 Å². The van der Waals surface area contributed by atoms with Gasteiger partial charge in [-0.3, -0.25) is 24.4 Å². The molecule has 0 aliphatic heterocycles. The van der Waals surface area contributed by atoms with E-state index in [9.17, 15) is 24.5 Å². The highest BCUT2D eigenvalue weighted by molar-refractivity contribution is 5.97. The van der Waals surface area contributed by atoms with Crippen LogP contribution in [0.15, 0.2) is 75.9 Å². The number of benzene rings is 2. The number of hydrogen-bond donors (Lipinski definition) is 1. The lowest BCUT2D eigenvalue weighted by atomic mass is 10.1. The van der Waals surface area contributed by atoms with Gasteiger partial charge >= 0.3 is 5.97 Å². The van der Waals surface area contributed by atoms with E-state index >= 15 is 0 Å². The number of hydrogen-bond acceptors (Lipinski definition) is 7. The molecule has 36 heavy (non-hydrogen) atoms. The molecule has 184 valence electrons. The molecular weight excluding hydrogens is 468 g/mol. The van der Waals surface area contributed by atoms with Crippen molar-refractivity contribution in [1.82, 2.24) is 9.36 Å². The van der Waals surface area contributed by atoms with Crippen molar-refractivity contribution < 1.29 is 23.7 Å². The fraction of sp³-hybridized carbons (Fsp3) is 0.160. The number of non-ortho nitro benzene ring substituents is 1. The Morgan fingerprint density at radius 1 is 1.06 bits per heavy atom. The Morgan fingerprint density at radius 2 is 1.72 bits per heavy atom. The van der Waals surface area contributed by atoms with E-state index in [1.165, 1.54) is 48.0 Å². The number of ether oxygens (including phenoxy) is 1. The van der Waals surface area contributed by atoms with Crippen molar-refractivity contribution in [2.75, 3.05) is 5.32 Å². The van der Waals surface area contributed by atoms with Crippen molar-refractivity contribution in [1.29, 1.82) is 0 Å². The average Bonchev–Trinajstić information content (AvgIpc) is 3.44. The van der Waals surface area contributed by atoms with Gasteiger partial charge in [0.1, 0.15) is 11.4 Å². The van der Waals surface area contributed by atoms with Crippen LogP contribution in [0.5, 0.6) is 0 Å². The number of anilines is 1. The Labute approximate surface area is 204 Å². The number of nitro benzene ring substituents is 1. The topological polar surface area (TPSA) is 139 Å². The Morgan fingerprint density at radius 3 is 2.36 bits per heavy atom. The molecule has 1 amide bonds. The van der Waals surface area contributed by atoms with Crippen LogP contribution in [-0.4, -0.2) is 32.3 Å². The molecule has 1 atom stereocenters. The number of esters is 1. The van der Waals surface area contributed by atoms with Crippen LogP contribution in [0.4, 0.5) is 11.4 Å². The van der Waals surface area contributed by atoms with Gasteiger partial charge in [0.2, 0.25) is 5.76 Å². The number of carbonyl (C=O) groups is 2. The summed E-state index contributed by atoms with van der Waals surface area (Å²) in [5, 5.41) is 13.4. The van der Waals surface area contributed by atoms with Crippen molar-refractivity contribution in [2.24, 2.45) is 7.05 Å². The van der Waals surface area contributed by atoms with Gasteiger partial charge in [-0.15, -0.1) is 0 Å². The molecular formula is C25H22N4O7. The number of nitrogens with one attached hydrogen (secondary N) is 1. The van der Waals surface area contributed by atoms with Gasteiger partial charge in [-0.05, 0) is 50.2 Å². The quantitative estimate of drug-likeness (QED) is 0.236. The van der Waals surface area contributed by atoms with Gasteiger partial charge < -0.3 is 14.5 Å². The molecule has 0 aliphatic carbocycles. The van der Waals surface area contributed by atoms with Crippen molar-refractivity contribution in [3.8, 4) is 17.0 Å². The molecule has 0 aliphatic rings. The van der Waals surface area contributed by atoms with Crippen molar-refractivity contribution in [3.63, 3.8) is 0 Å². The normalized spacial score (nSPS) is 11.6. The van der Waals surface area contributed by atoms with E-state index in [1.807, 2.05) is 6.07 Å². The minimum atomic E-state index is -1.23. The molecule has 0 saturated carbocycles. The zero-order valence-corrected chi connectivity index (χ0v) is 19.6. The second-order valence-corrected chi connectivity index (χ2v) is 7.94. The third-order valence-electron chi connectivity index (χ3n) is 5.63. The minimum Gasteiger partial charge on any atom is -0.449 e. The number of amides is 1. The number of nitrogens with zero attached hydrogens (tertiary/aromatic N) is 3. The molecule has 0 bridgehead atoms. The van der Waals surface area contributed by atoms with E-state index in [2.05, 4.69) is 5.32 Å². The van der Waals surface area contributed by atoms with E-state index in [-0.39, 0.29) is 17.1 Å². The molecule has 11 nitrogen and oxygen atoms in total. The smallest absolute Gasteiger partial charge is 0.375 e. The number of para-hydroxylation sites is 1.